The third kappa shape index (κ3) is 3.07. The van der Waals surface area contributed by atoms with E-state index in [0.717, 1.165) is 32.0 Å². The van der Waals surface area contributed by atoms with Crippen LogP contribution in [0.25, 0.3) is 0 Å². The third-order valence-electron chi connectivity index (χ3n) is 5.14. The van der Waals surface area contributed by atoms with Gasteiger partial charge in [-0.1, -0.05) is 0 Å². The van der Waals surface area contributed by atoms with Gasteiger partial charge in [0.05, 0.1) is 6.54 Å². The van der Waals surface area contributed by atoms with Crippen LogP contribution in [-0.2, 0) is 19.6 Å². The molecule has 0 aromatic carbocycles. The predicted octanol–water partition coefficient (Wildman–Crippen LogP) is 2.44. The van der Waals surface area contributed by atoms with E-state index in [1.165, 1.54) is 47.1 Å². The molecular weight excluding hydrogens is 306 g/mol. The standard InChI is InChI=1S/C17H25N5S/c1-12-9-15(13(2)23-12)11-21-6-3-14(4-7-21)17-20-19-16-10-18-5-8-22(16)17/h9,14,18H,3-8,10-11H2,1-2H3. The first-order valence-electron chi connectivity index (χ1n) is 8.61. The zero-order valence-corrected chi connectivity index (χ0v) is 14.8. The Kier molecular flexibility index (Phi) is 4.22. The number of nitrogens with zero attached hydrogens (tertiary/aromatic N) is 4. The molecule has 2 aromatic rings. The van der Waals surface area contributed by atoms with Crippen molar-refractivity contribution in [3.8, 4) is 0 Å². The number of thiophene rings is 1. The minimum Gasteiger partial charge on any atom is -0.312 e. The van der Waals surface area contributed by atoms with E-state index >= 15 is 0 Å². The minimum atomic E-state index is 0.580. The summed E-state index contributed by atoms with van der Waals surface area (Å²) < 4.78 is 2.35. The van der Waals surface area contributed by atoms with E-state index < -0.39 is 0 Å². The smallest absolute Gasteiger partial charge is 0.147 e. The lowest BCUT2D eigenvalue weighted by Crippen LogP contribution is -2.34. The molecule has 1 fully saturated rings. The van der Waals surface area contributed by atoms with Crippen molar-refractivity contribution in [2.45, 2.75) is 52.2 Å². The van der Waals surface area contributed by atoms with Crippen molar-refractivity contribution in [2.24, 2.45) is 0 Å². The van der Waals surface area contributed by atoms with Crippen molar-refractivity contribution in [2.75, 3.05) is 19.6 Å². The lowest BCUT2D eigenvalue weighted by Gasteiger charge is -2.32. The highest BCUT2D eigenvalue weighted by Crippen LogP contribution is 2.29. The summed E-state index contributed by atoms with van der Waals surface area (Å²) in [6.07, 6.45) is 2.40. The molecule has 124 valence electrons. The number of piperidine rings is 1. The summed E-state index contributed by atoms with van der Waals surface area (Å²) in [6.45, 7) is 10.8. The molecule has 0 saturated carbocycles. The third-order valence-corrected chi connectivity index (χ3v) is 6.15. The van der Waals surface area contributed by atoms with E-state index in [4.69, 9.17) is 0 Å². The minimum absolute atomic E-state index is 0.580. The number of aryl methyl sites for hydroxylation is 2. The SMILES string of the molecule is Cc1cc(CN2CCC(c3nnc4n3CCNC4)CC2)c(C)s1. The molecule has 2 aliphatic heterocycles. The van der Waals surface area contributed by atoms with Crippen molar-refractivity contribution >= 4 is 11.3 Å². The van der Waals surface area contributed by atoms with Crippen LogP contribution in [0.4, 0.5) is 0 Å². The van der Waals surface area contributed by atoms with Gasteiger partial charge < -0.3 is 9.88 Å². The number of fused-ring (bicyclic) bond motifs is 1. The summed E-state index contributed by atoms with van der Waals surface area (Å²) in [6, 6.07) is 2.36. The van der Waals surface area contributed by atoms with Crippen LogP contribution in [0.1, 0.15) is 45.7 Å². The molecule has 5 nitrogen and oxygen atoms in total. The van der Waals surface area contributed by atoms with Gasteiger partial charge in [0.1, 0.15) is 11.6 Å². The highest BCUT2D eigenvalue weighted by Gasteiger charge is 2.27. The molecule has 2 aliphatic rings. The molecule has 1 saturated heterocycles. The van der Waals surface area contributed by atoms with E-state index in [1.54, 1.807) is 0 Å². The van der Waals surface area contributed by atoms with Gasteiger partial charge in [-0.15, -0.1) is 21.5 Å². The lowest BCUT2D eigenvalue weighted by atomic mass is 9.95. The number of aromatic nitrogens is 3. The summed E-state index contributed by atoms with van der Waals surface area (Å²) in [5, 5.41) is 12.2. The second kappa shape index (κ2) is 6.34. The van der Waals surface area contributed by atoms with Gasteiger partial charge in [0, 0.05) is 35.3 Å². The molecule has 0 amide bonds. The normalized spacial score (nSPS) is 19.9. The first kappa shape index (κ1) is 15.3. The average molecular weight is 331 g/mol. The maximum Gasteiger partial charge on any atom is 0.147 e. The fraction of sp³-hybridized carbons (Fsp3) is 0.647. The van der Waals surface area contributed by atoms with Crippen molar-refractivity contribution < 1.29 is 0 Å². The Morgan fingerprint density at radius 1 is 1.22 bits per heavy atom. The van der Waals surface area contributed by atoms with Gasteiger partial charge in [-0.05, 0) is 51.4 Å². The number of likely N-dealkylation sites (tertiary alicyclic amines) is 1. The fourth-order valence-corrected chi connectivity index (χ4v) is 4.79. The molecule has 6 heteroatoms. The Hall–Kier alpha value is -1.24. The summed E-state index contributed by atoms with van der Waals surface area (Å²) in [5.41, 5.74) is 1.51. The molecule has 1 N–H and O–H groups in total. The van der Waals surface area contributed by atoms with E-state index in [0.29, 0.717) is 5.92 Å². The molecule has 0 radical (unpaired) electrons. The van der Waals surface area contributed by atoms with Crippen molar-refractivity contribution in [1.29, 1.82) is 0 Å². The maximum absolute atomic E-state index is 4.50. The van der Waals surface area contributed by atoms with Gasteiger partial charge in [0.25, 0.3) is 0 Å². The first-order chi connectivity index (χ1) is 11.2. The molecule has 0 unspecified atom stereocenters. The van der Waals surface area contributed by atoms with Gasteiger partial charge in [0.15, 0.2) is 0 Å². The largest absolute Gasteiger partial charge is 0.312 e. The van der Waals surface area contributed by atoms with Crippen LogP contribution in [0.5, 0.6) is 0 Å². The van der Waals surface area contributed by atoms with Crippen molar-refractivity contribution in [3.05, 3.63) is 33.0 Å². The molecule has 23 heavy (non-hydrogen) atoms. The van der Waals surface area contributed by atoms with Gasteiger partial charge in [-0.3, -0.25) is 4.90 Å². The molecule has 0 bridgehead atoms. The monoisotopic (exact) mass is 331 g/mol. The summed E-state index contributed by atoms with van der Waals surface area (Å²) >= 11 is 1.92. The Labute approximate surface area is 141 Å². The first-order valence-corrected chi connectivity index (χ1v) is 9.43. The van der Waals surface area contributed by atoms with Crippen molar-refractivity contribution in [3.63, 3.8) is 0 Å². The fourth-order valence-electron chi connectivity index (χ4n) is 3.85. The van der Waals surface area contributed by atoms with E-state index in [9.17, 15) is 0 Å². The van der Waals surface area contributed by atoms with Crippen LogP contribution >= 0.6 is 11.3 Å². The average Bonchev–Trinajstić information content (AvgIpc) is 3.12. The highest BCUT2D eigenvalue weighted by molar-refractivity contribution is 7.12. The molecule has 0 spiro atoms. The van der Waals surface area contributed by atoms with Crippen LogP contribution in [0.15, 0.2) is 6.07 Å². The van der Waals surface area contributed by atoms with Gasteiger partial charge in [0.2, 0.25) is 0 Å². The quantitative estimate of drug-likeness (QED) is 0.938. The van der Waals surface area contributed by atoms with Crippen molar-refractivity contribution in [1.82, 2.24) is 25.0 Å². The summed E-state index contributed by atoms with van der Waals surface area (Å²) in [5.74, 6) is 2.91. The number of nitrogens with one attached hydrogen (secondary N) is 1. The highest BCUT2D eigenvalue weighted by atomic mass is 32.1. The number of rotatable bonds is 3. The van der Waals surface area contributed by atoms with Crippen LogP contribution < -0.4 is 5.32 Å². The van der Waals surface area contributed by atoms with E-state index in [-0.39, 0.29) is 0 Å². The maximum atomic E-state index is 4.50. The molecule has 0 aliphatic carbocycles. The van der Waals surface area contributed by atoms with Gasteiger partial charge >= 0.3 is 0 Å². The van der Waals surface area contributed by atoms with Crippen LogP contribution in [0, 0.1) is 13.8 Å². The molecule has 0 atom stereocenters. The lowest BCUT2D eigenvalue weighted by molar-refractivity contribution is 0.199. The van der Waals surface area contributed by atoms with E-state index in [2.05, 4.69) is 44.9 Å². The van der Waals surface area contributed by atoms with E-state index in [1.807, 2.05) is 11.3 Å². The predicted molar refractivity (Wildman–Crippen MR) is 92.8 cm³/mol. The van der Waals surface area contributed by atoms with Gasteiger partial charge in [-0.2, -0.15) is 0 Å². The number of hydrogen-bond acceptors (Lipinski definition) is 5. The zero-order valence-electron chi connectivity index (χ0n) is 14.0. The molecule has 4 heterocycles. The van der Waals surface area contributed by atoms with Crippen LogP contribution in [0.2, 0.25) is 0 Å². The second-order valence-electron chi connectivity index (χ2n) is 6.79. The van der Waals surface area contributed by atoms with Gasteiger partial charge in [-0.25, -0.2) is 0 Å². The second-order valence-corrected chi connectivity index (χ2v) is 8.25. The number of hydrogen-bond donors (Lipinski definition) is 1. The van der Waals surface area contributed by atoms with Crippen LogP contribution in [0.3, 0.4) is 0 Å². The Bertz CT molecular complexity index is 681. The Morgan fingerprint density at radius 3 is 2.78 bits per heavy atom. The summed E-state index contributed by atoms with van der Waals surface area (Å²) in [4.78, 5) is 5.50. The summed E-state index contributed by atoms with van der Waals surface area (Å²) in [7, 11) is 0. The molecule has 2 aromatic heterocycles. The Morgan fingerprint density at radius 2 is 2.04 bits per heavy atom. The zero-order chi connectivity index (χ0) is 15.8. The molecule has 4 rings (SSSR count). The molecular formula is C17H25N5S. The van der Waals surface area contributed by atoms with Crippen LogP contribution in [-0.4, -0.2) is 39.3 Å². The Balaban J connectivity index is 1.39. The topological polar surface area (TPSA) is 46.0 Å².